The molecule has 38 heavy (non-hydrogen) atoms. The molecule has 8 heteroatoms. The molecule has 1 aromatic heterocycles. The summed E-state index contributed by atoms with van der Waals surface area (Å²) in [7, 11) is 2.16. The normalized spacial score (nSPS) is 18.8. The standard InChI is InChI=1S/C30H42N4O2.2ClH/c1-3-4-10-28-27(22-11-15-26(16-12-22)36-25-8-6-5-7-9-25)21-29(32-31-28)30(35)34(23-13-14-23)24-17-19-33(2)20-18-24;;/h11-12,15-16,21,23-25H,3-10,13-14,17-20H2,1-2H3;2*1H. The molecule has 3 aliphatic rings. The zero-order valence-corrected chi connectivity index (χ0v) is 24.6. The molecule has 210 valence electrons. The fourth-order valence-electron chi connectivity index (χ4n) is 5.78. The minimum absolute atomic E-state index is 0. The van der Waals surface area contributed by atoms with Gasteiger partial charge in [0.2, 0.25) is 0 Å². The average molecular weight is 564 g/mol. The number of ether oxygens (including phenoxy) is 1. The number of rotatable bonds is 9. The quantitative estimate of drug-likeness (QED) is 0.338. The summed E-state index contributed by atoms with van der Waals surface area (Å²) >= 11 is 0. The van der Waals surface area contributed by atoms with Crippen LogP contribution in [0.5, 0.6) is 5.75 Å². The van der Waals surface area contributed by atoms with E-state index in [4.69, 9.17) is 4.74 Å². The van der Waals surface area contributed by atoms with Crippen LogP contribution in [0.3, 0.4) is 0 Å². The number of nitrogens with zero attached hydrogens (tertiary/aromatic N) is 4. The highest BCUT2D eigenvalue weighted by Gasteiger charge is 2.39. The molecule has 0 N–H and O–H groups in total. The number of unbranched alkanes of at least 4 members (excludes halogenated alkanes) is 1. The number of aryl methyl sites for hydroxylation is 1. The van der Waals surface area contributed by atoms with Crippen LogP contribution in [0.4, 0.5) is 0 Å². The van der Waals surface area contributed by atoms with Crippen molar-refractivity contribution in [3.63, 3.8) is 0 Å². The van der Waals surface area contributed by atoms with Gasteiger partial charge < -0.3 is 14.5 Å². The lowest BCUT2D eigenvalue weighted by Gasteiger charge is -2.37. The van der Waals surface area contributed by atoms with Crippen LogP contribution in [0.25, 0.3) is 11.1 Å². The number of carbonyl (C=O) groups is 1. The van der Waals surface area contributed by atoms with Crippen LogP contribution in [-0.2, 0) is 6.42 Å². The second-order valence-electron chi connectivity index (χ2n) is 11.1. The summed E-state index contributed by atoms with van der Waals surface area (Å²) in [5, 5.41) is 9.09. The maximum atomic E-state index is 13.8. The third-order valence-corrected chi connectivity index (χ3v) is 8.13. The Labute approximate surface area is 240 Å². The SMILES string of the molecule is CCCCc1nnc(C(=O)N(C2CC2)C2CCN(C)CC2)cc1-c1ccc(OC2CCCCC2)cc1.Cl.Cl. The Balaban J connectivity index is 0.00000200. The van der Waals surface area contributed by atoms with Gasteiger partial charge in [-0.1, -0.05) is 31.9 Å². The van der Waals surface area contributed by atoms with Gasteiger partial charge in [0.05, 0.1) is 11.8 Å². The predicted molar refractivity (Wildman–Crippen MR) is 158 cm³/mol. The third-order valence-electron chi connectivity index (χ3n) is 8.13. The van der Waals surface area contributed by atoms with Crippen LogP contribution in [0, 0.1) is 0 Å². The monoisotopic (exact) mass is 562 g/mol. The van der Waals surface area contributed by atoms with Gasteiger partial charge in [-0.3, -0.25) is 4.79 Å². The number of aromatic nitrogens is 2. The summed E-state index contributed by atoms with van der Waals surface area (Å²) in [6.07, 6.45) is 13.8. The van der Waals surface area contributed by atoms with Gasteiger partial charge in [-0.05, 0) is 108 Å². The zero-order chi connectivity index (χ0) is 24.9. The van der Waals surface area contributed by atoms with Crippen molar-refractivity contribution < 1.29 is 9.53 Å². The molecule has 0 atom stereocenters. The highest BCUT2D eigenvalue weighted by atomic mass is 35.5. The molecule has 6 nitrogen and oxygen atoms in total. The summed E-state index contributed by atoms with van der Waals surface area (Å²) in [6.45, 7) is 4.28. The van der Waals surface area contributed by atoms with Gasteiger partial charge in [0.15, 0.2) is 5.69 Å². The molecule has 0 spiro atoms. The second-order valence-corrected chi connectivity index (χ2v) is 11.1. The van der Waals surface area contributed by atoms with Crippen molar-refractivity contribution in [1.82, 2.24) is 20.0 Å². The first-order chi connectivity index (χ1) is 17.6. The van der Waals surface area contributed by atoms with E-state index in [1.165, 1.54) is 19.3 Å². The Morgan fingerprint density at radius 1 is 0.947 bits per heavy atom. The highest BCUT2D eigenvalue weighted by Crippen LogP contribution is 2.34. The molecule has 2 aromatic rings. The van der Waals surface area contributed by atoms with E-state index in [-0.39, 0.29) is 30.7 Å². The molecule has 2 aliphatic carbocycles. The largest absolute Gasteiger partial charge is 0.490 e. The maximum absolute atomic E-state index is 13.8. The van der Waals surface area contributed by atoms with Crippen LogP contribution in [0.1, 0.15) is 93.7 Å². The molecular weight excluding hydrogens is 519 g/mol. The van der Waals surface area contributed by atoms with Crippen molar-refractivity contribution >= 4 is 30.7 Å². The van der Waals surface area contributed by atoms with Gasteiger partial charge in [-0.25, -0.2) is 0 Å². The lowest BCUT2D eigenvalue weighted by molar-refractivity contribution is 0.0562. The van der Waals surface area contributed by atoms with Gasteiger partial charge in [0, 0.05) is 17.6 Å². The van der Waals surface area contributed by atoms with Crippen LogP contribution in [0.15, 0.2) is 30.3 Å². The summed E-state index contributed by atoms with van der Waals surface area (Å²) in [6, 6.07) is 11.1. The molecule has 1 saturated heterocycles. The topological polar surface area (TPSA) is 58.6 Å². The molecule has 5 rings (SSSR count). The smallest absolute Gasteiger partial charge is 0.274 e. The van der Waals surface area contributed by atoms with Crippen molar-refractivity contribution in [2.75, 3.05) is 20.1 Å². The summed E-state index contributed by atoms with van der Waals surface area (Å²) < 4.78 is 6.25. The van der Waals surface area contributed by atoms with Crippen molar-refractivity contribution in [3.05, 3.63) is 41.7 Å². The number of amides is 1. The lowest BCUT2D eigenvalue weighted by atomic mass is 9.97. The molecule has 2 heterocycles. The van der Waals surface area contributed by atoms with Crippen molar-refractivity contribution in [3.8, 4) is 16.9 Å². The van der Waals surface area contributed by atoms with E-state index >= 15 is 0 Å². The Morgan fingerprint density at radius 3 is 2.24 bits per heavy atom. The number of likely N-dealkylation sites (tertiary alicyclic amines) is 1. The number of hydrogen-bond acceptors (Lipinski definition) is 5. The van der Waals surface area contributed by atoms with E-state index in [1.807, 2.05) is 6.07 Å². The first kappa shape index (κ1) is 30.6. The fraction of sp³-hybridized carbons (Fsp3) is 0.633. The van der Waals surface area contributed by atoms with Gasteiger partial charge in [-0.15, -0.1) is 29.9 Å². The molecule has 3 fully saturated rings. The number of piperidine rings is 1. The van der Waals surface area contributed by atoms with E-state index in [1.54, 1.807) is 0 Å². The molecular formula is C30H44Cl2N4O2. The lowest BCUT2D eigenvalue weighted by Crippen LogP contribution is -2.48. The Bertz CT molecular complexity index is 1020. The minimum Gasteiger partial charge on any atom is -0.490 e. The van der Waals surface area contributed by atoms with Gasteiger partial charge >= 0.3 is 0 Å². The molecule has 0 unspecified atom stereocenters. The van der Waals surface area contributed by atoms with Gasteiger partial charge in [0.1, 0.15) is 5.75 Å². The number of benzene rings is 1. The van der Waals surface area contributed by atoms with Crippen LogP contribution < -0.4 is 4.74 Å². The summed E-state index contributed by atoms with van der Waals surface area (Å²) in [4.78, 5) is 18.3. The number of hydrogen-bond donors (Lipinski definition) is 0. The Morgan fingerprint density at radius 2 is 1.61 bits per heavy atom. The zero-order valence-electron chi connectivity index (χ0n) is 22.9. The van der Waals surface area contributed by atoms with Crippen molar-refractivity contribution in [2.45, 2.75) is 102 Å². The fourth-order valence-corrected chi connectivity index (χ4v) is 5.78. The predicted octanol–water partition coefficient (Wildman–Crippen LogP) is 6.74. The maximum Gasteiger partial charge on any atom is 0.274 e. The Kier molecular flexibility index (Phi) is 11.7. The summed E-state index contributed by atoms with van der Waals surface area (Å²) in [5.74, 6) is 0.987. The molecule has 0 radical (unpaired) electrons. The van der Waals surface area contributed by atoms with E-state index in [9.17, 15) is 4.79 Å². The molecule has 0 bridgehead atoms. The van der Waals surface area contributed by atoms with E-state index < -0.39 is 0 Å². The first-order valence-corrected chi connectivity index (χ1v) is 14.3. The average Bonchev–Trinajstić information content (AvgIpc) is 3.75. The van der Waals surface area contributed by atoms with Gasteiger partial charge in [-0.2, -0.15) is 5.10 Å². The molecule has 1 aromatic carbocycles. The molecule has 2 saturated carbocycles. The van der Waals surface area contributed by atoms with Crippen LogP contribution >= 0.6 is 24.8 Å². The second kappa shape index (κ2) is 14.5. The van der Waals surface area contributed by atoms with Crippen LogP contribution in [0.2, 0.25) is 0 Å². The summed E-state index contributed by atoms with van der Waals surface area (Å²) in [5.41, 5.74) is 3.58. The van der Waals surface area contributed by atoms with Crippen LogP contribution in [-0.4, -0.2) is 64.2 Å². The molecule has 1 aliphatic heterocycles. The molecule has 1 amide bonds. The van der Waals surface area contributed by atoms with E-state index in [0.717, 1.165) is 93.4 Å². The van der Waals surface area contributed by atoms with E-state index in [2.05, 4.69) is 58.2 Å². The first-order valence-electron chi connectivity index (χ1n) is 14.3. The minimum atomic E-state index is 0. The van der Waals surface area contributed by atoms with E-state index in [0.29, 0.717) is 23.9 Å². The van der Waals surface area contributed by atoms with Gasteiger partial charge in [0.25, 0.3) is 5.91 Å². The third kappa shape index (κ3) is 7.61. The highest BCUT2D eigenvalue weighted by molar-refractivity contribution is 5.94. The van der Waals surface area contributed by atoms with Crippen molar-refractivity contribution in [2.24, 2.45) is 0 Å². The number of halogens is 2. The number of carbonyl (C=O) groups excluding carboxylic acids is 1. The van der Waals surface area contributed by atoms with Crippen molar-refractivity contribution in [1.29, 1.82) is 0 Å². The Hall–Kier alpha value is -1.89.